The molecule has 1 atom stereocenters. The summed E-state index contributed by atoms with van der Waals surface area (Å²) in [5, 5.41) is 0. The van der Waals surface area contributed by atoms with Crippen LogP contribution in [0.3, 0.4) is 0 Å². The van der Waals surface area contributed by atoms with Gasteiger partial charge >= 0.3 is 0 Å². The Morgan fingerprint density at radius 3 is 3.00 bits per heavy atom. The first-order valence-electron chi connectivity index (χ1n) is 4.53. The van der Waals surface area contributed by atoms with Crippen molar-refractivity contribution in [2.24, 2.45) is 11.7 Å². The smallest absolute Gasteiger partial charge is 0.0342 e. The average molecular weight is 176 g/mol. The fourth-order valence-electron chi connectivity index (χ4n) is 1.19. The number of pyridine rings is 1. The van der Waals surface area contributed by atoms with Crippen molar-refractivity contribution in [3.8, 4) is 0 Å². The summed E-state index contributed by atoms with van der Waals surface area (Å²) in [7, 11) is 0. The van der Waals surface area contributed by atoms with Gasteiger partial charge in [-0.2, -0.15) is 0 Å². The predicted octanol–water partition coefficient (Wildman–Crippen LogP) is 2.08. The predicted molar refractivity (Wildman–Crippen MR) is 56.1 cm³/mol. The number of nitrogens with two attached hydrogens (primary N) is 1. The van der Waals surface area contributed by atoms with Crippen LogP contribution in [0, 0.1) is 5.92 Å². The molecule has 0 aliphatic rings. The molecule has 1 rings (SSSR count). The van der Waals surface area contributed by atoms with Gasteiger partial charge in [-0.1, -0.05) is 19.1 Å². The van der Waals surface area contributed by atoms with E-state index in [1.807, 2.05) is 12.3 Å². The number of aromatic nitrogens is 1. The van der Waals surface area contributed by atoms with Crippen molar-refractivity contribution < 1.29 is 0 Å². The second-order valence-electron chi connectivity index (χ2n) is 3.30. The molecule has 1 aromatic rings. The molecule has 0 aromatic carbocycles. The van der Waals surface area contributed by atoms with E-state index >= 15 is 0 Å². The molecule has 0 amide bonds. The normalized spacial score (nSPS) is 14.2. The molecular formula is C11H16N2. The lowest BCUT2D eigenvalue weighted by Gasteiger charge is -2.05. The van der Waals surface area contributed by atoms with Gasteiger partial charge in [0.1, 0.15) is 0 Å². The van der Waals surface area contributed by atoms with Crippen LogP contribution in [0.15, 0.2) is 30.6 Å². The van der Waals surface area contributed by atoms with E-state index in [-0.39, 0.29) is 0 Å². The number of nitrogens with zero attached hydrogens (tertiary/aromatic N) is 1. The third-order valence-corrected chi connectivity index (χ3v) is 2.02. The highest BCUT2D eigenvalue weighted by Crippen LogP contribution is 2.13. The van der Waals surface area contributed by atoms with E-state index in [1.54, 1.807) is 6.20 Å². The molecule has 0 fully saturated rings. The van der Waals surface area contributed by atoms with E-state index in [2.05, 4.69) is 31.0 Å². The van der Waals surface area contributed by atoms with Crippen molar-refractivity contribution >= 4 is 5.57 Å². The molecule has 0 saturated heterocycles. The molecule has 2 N–H and O–H groups in total. The average Bonchev–Trinajstić information content (AvgIpc) is 2.19. The first-order valence-corrected chi connectivity index (χ1v) is 4.53. The number of hydrogen-bond acceptors (Lipinski definition) is 2. The Balaban J connectivity index is 2.79. The lowest BCUT2D eigenvalue weighted by molar-refractivity contribution is 0.741. The molecule has 1 aromatic heterocycles. The first-order chi connectivity index (χ1) is 6.24. The number of hydrogen-bond donors (Lipinski definition) is 1. The molecule has 0 bridgehead atoms. The molecule has 2 nitrogen and oxygen atoms in total. The Hall–Kier alpha value is -1.15. The SMILES string of the molecule is CC(=CC(C)CN)c1cccnc1. The zero-order valence-electron chi connectivity index (χ0n) is 8.20. The minimum Gasteiger partial charge on any atom is -0.330 e. The van der Waals surface area contributed by atoms with Crippen LogP contribution in [0.5, 0.6) is 0 Å². The monoisotopic (exact) mass is 176 g/mol. The molecular weight excluding hydrogens is 160 g/mol. The van der Waals surface area contributed by atoms with Crippen LogP contribution >= 0.6 is 0 Å². The van der Waals surface area contributed by atoms with Gasteiger partial charge in [0.25, 0.3) is 0 Å². The minimum atomic E-state index is 0.431. The van der Waals surface area contributed by atoms with Gasteiger partial charge in [0.2, 0.25) is 0 Å². The Bertz CT molecular complexity index is 277. The maximum absolute atomic E-state index is 5.54. The van der Waals surface area contributed by atoms with Crippen molar-refractivity contribution in [1.82, 2.24) is 4.98 Å². The Kier molecular flexibility index (Phi) is 3.65. The van der Waals surface area contributed by atoms with Crippen molar-refractivity contribution in [1.29, 1.82) is 0 Å². The van der Waals surface area contributed by atoms with Gasteiger partial charge in [0, 0.05) is 12.4 Å². The lowest BCUT2D eigenvalue weighted by atomic mass is 10.0. The quantitative estimate of drug-likeness (QED) is 0.765. The Morgan fingerprint density at radius 2 is 2.46 bits per heavy atom. The largest absolute Gasteiger partial charge is 0.330 e. The van der Waals surface area contributed by atoms with Gasteiger partial charge in [-0.25, -0.2) is 0 Å². The highest BCUT2D eigenvalue weighted by Gasteiger charge is 1.97. The van der Waals surface area contributed by atoms with Crippen LogP contribution < -0.4 is 5.73 Å². The molecule has 0 aliphatic carbocycles. The zero-order chi connectivity index (χ0) is 9.68. The maximum atomic E-state index is 5.54. The number of allylic oxidation sites excluding steroid dienone is 1. The molecule has 0 spiro atoms. The molecule has 2 heteroatoms. The van der Waals surface area contributed by atoms with E-state index in [9.17, 15) is 0 Å². The Labute approximate surface area is 79.5 Å². The van der Waals surface area contributed by atoms with Crippen LogP contribution in [0.4, 0.5) is 0 Å². The van der Waals surface area contributed by atoms with Gasteiger partial charge in [0.15, 0.2) is 0 Å². The third-order valence-electron chi connectivity index (χ3n) is 2.02. The highest BCUT2D eigenvalue weighted by molar-refractivity contribution is 5.62. The molecule has 1 heterocycles. The van der Waals surface area contributed by atoms with E-state index in [4.69, 9.17) is 5.73 Å². The third kappa shape index (κ3) is 2.99. The van der Waals surface area contributed by atoms with Crippen LogP contribution in [0.2, 0.25) is 0 Å². The fraction of sp³-hybridized carbons (Fsp3) is 0.364. The highest BCUT2D eigenvalue weighted by atomic mass is 14.6. The summed E-state index contributed by atoms with van der Waals surface area (Å²) in [4.78, 5) is 4.07. The van der Waals surface area contributed by atoms with E-state index in [0.717, 1.165) is 0 Å². The topological polar surface area (TPSA) is 38.9 Å². The molecule has 0 radical (unpaired) electrons. The van der Waals surface area contributed by atoms with Crippen LogP contribution in [0.25, 0.3) is 5.57 Å². The summed E-state index contributed by atoms with van der Waals surface area (Å²) < 4.78 is 0. The van der Waals surface area contributed by atoms with Crippen molar-refractivity contribution in [2.75, 3.05) is 6.54 Å². The molecule has 0 saturated carbocycles. The van der Waals surface area contributed by atoms with Crippen LogP contribution in [-0.2, 0) is 0 Å². The zero-order valence-corrected chi connectivity index (χ0v) is 8.20. The maximum Gasteiger partial charge on any atom is 0.0342 e. The summed E-state index contributed by atoms with van der Waals surface area (Å²) in [5.74, 6) is 0.431. The van der Waals surface area contributed by atoms with Gasteiger partial charge in [-0.3, -0.25) is 4.98 Å². The van der Waals surface area contributed by atoms with E-state index in [1.165, 1.54) is 11.1 Å². The first kappa shape index (κ1) is 9.93. The van der Waals surface area contributed by atoms with Crippen molar-refractivity contribution in [3.63, 3.8) is 0 Å². The molecule has 0 aliphatic heterocycles. The minimum absolute atomic E-state index is 0.431. The van der Waals surface area contributed by atoms with Gasteiger partial charge in [0.05, 0.1) is 0 Å². The molecule has 70 valence electrons. The van der Waals surface area contributed by atoms with Crippen LogP contribution in [0.1, 0.15) is 19.4 Å². The van der Waals surface area contributed by atoms with Gasteiger partial charge in [-0.15, -0.1) is 0 Å². The molecule has 13 heavy (non-hydrogen) atoms. The summed E-state index contributed by atoms with van der Waals surface area (Å²) in [6, 6.07) is 4.00. The number of rotatable bonds is 3. The standard InChI is InChI=1S/C11H16N2/c1-9(7-12)6-10(2)11-4-3-5-13-8-11/h3-6,8-9H,7,12H2,1-2H3. The van der Waals surface area contributed by atoms with Crippen molar-refractivity contribution in [3.05, 3.63) is 36.2 Å². The fourth-order valence-corrected chi connectivity index (χ4v) is 1.19. The lowest BCUT2D eigenvalue weighted by Crippen LogP contribution is -2.08. The second-order valence-corrected chi connectivity index (χ2v) is 3.30. The van der Waals surface area contributed by atoms with Gasteiger partial charge < -0.3 is 5.73 Å². The van der Waals surface area contributed by atoms with Crippen LogP contribution in [-0.4, -0.2) is 11.5 Å². The summed E-state index contributed by atoms with van der Waals surface area (Å²) in [6.07, 6.45) is 5.83. The van der Waals surface area contributed by atoms with E-state index < -0.39 is 0 Å². The van der Waals surface area contributed by atoms with Crippen molar-refractivity contribution in [2.45, 2.75) is 13.8 Å². The summed E-state index contributed by atoms with van der Waals surface area (Å²) >= 11 is 0. The Morgan fingerprint density at radius 1 is 1.69 bits per heavy atom. The second kappa shape index (κ2) is 4.77. The van der Waals surface area contributed by atoms with E-state index in [0.29, 0.717) is 12.5 Å². The summed E-state index contributed by atoms with van der Waals surface area (Å²) in [6.45, 7) is 4.89. The van der Waals surface area contributed by atoms with Gasteiger partial charge in [-0.05, 0) is 36.6 Å². The molecule has 1 unspecified atom stereocenters. The summed E-state index contributed by atoms with van der Waals surface area (Å²) in [5.41, 5.74) is 7.95.